The van der Waals surface area contributed by atoms with Crippen LogP contribution in [0, 0.1) is 5.41 Å². The topological polar surface area (TPSA) is 47.0 Å². The van der Waals surface area contributed by atoms with E-state index < -0.39 is 0 Å². The van der Waals surface area contributed by atoms with Crippen molar-refractivity contribution >= 4 is 33.5 Å². The third-order valence-corrected chi connectivity index (χ3v) is 4.42. The number of nitrogens with zero attached hydrogens (tertiary/aromatic N) is 2. The number of anilines is 1. The Balaban J connectivity index is 2.73. The van der Waals surface area contributed by atoms with Gasteiger partial charge in [0.15, 0.2) is 0 Å². The summed E-state index contributed by atoms with van der Waals surface area (Å²) in [7, 11) is 1.58. The Bertz CT molecular complexity index is 377. The van der Waals surface area contributed by atoms with E-state index in [0.717, 1.165) is 23.9 Å². The Kier molecular flexibility index (Phi) is 6.15. The van der Waals surface area contributed by atoms with Crippen molar-refractivity contribution in [1.82, 2.24) is 9.97 Å². The van der Waals surface area contributed by atoms with Gasteiger partial charge in [-0.1, -0.05) is 13.8 Å². The second-order valence-corrected chi connectivity index (χ2v) is 5.37. The van der Waals surface area contributed by atoms with E-state index in [-0.39, 0.29) is 5.41 Å². The average Bonchev–Trinajstić information content (AvgIpc) is 2.42. The first kappa shape index (κ1) is 15.5. The molecule has 1 N–H and O–H groups in total. The van der Waals surface area contributed by atoms with Gasteiger partial charge in [0.2, 0.25) is 11.8 Å². The minimum Gasteiger partial charge on any atom is -0.480 e. The van der Waals surface area contributed by atoms with Crippen molar-refractivity contribution in [2.75, 3.05) is 24.9 Å². The van der Waals surface area contributed by atoms with Crippen LogP contribution in [0.25, 0.3) is 0 Å². The van der Waals surface area contributed by atoms with E-state index >= 15 is 0 Å². The molecule has 0 spiro atoms. The molecule has 0 bridgehead atoms. The molecule has 1 rings (SSSR count). The summed E-state index contributed by atoms with van der Waals surface area (Å²) < 4.78 is 5.87. The molecule has 1 aromatic rings. The van der Waals surface area contributed by atoms with Crippen LogP contribution in [-0.4, -0.2) is 29.5 Å². The number of hydrogen-bond acceptors (Lipinski definition) is 4. The highest BCUT2D eigenvalue weighted by atomic mass is 79.9. The molecule has 1 heterocycles. The zero-order valence-corrected chi connectivity index (χ0v) is 13.3. The van der Waals surface area contributed by atoms with Gasteiger partial charge in [-0.25, -0.2) is 4.98 Å². The van der Waals surface area contributed by atoms with Crippen LogP contribution in [0.1, 0.15) is 26.7 Å². The van der Waals surface area contributed by atoms with Crippen molar-refractivity contribution in [3.05, 3.63) is 10.7 Å². The molecule has 0 saturated carbocycles. The molecule has 0 aliphatic heterocycles. The van der Waals surface area contributed by atoms with Gasteiger partial charge in [-0.05, 0) is 28.8 Å². The van der Waals surface area contributed by atoms with E-state index in [9.17, 15) is 0 Å². The first-order valence-electron chi connectivity index (χ1n) is 5.97. The van der Waals surface area contributed by atoms with E-state index in [0.29, 0.717) is 17.7 Å². The van der Waals surface area contributed by atoms with Crippen molar-refractivity contribution in [2.24, 2.45) is 5.41 Å². The van der Waals surface area contributed by atoms with E-state index in [1.807, 2.05) is 0 Å². The summed E-state index contributed by atoms with van der Waals surface area (Å²) in [5.74, 6) is 1.71. The van der Waals surface area contributed by atoms with Gasteiger partial charge in [0.05, 0.1) is 17.8 Å². The summed E-state index contributed by atoms with van der Waals surface area (Å²) in [5.41, 5.74) is 0.0885. The molecule has 0 saturated heterocycles. The molecular weight excluding hydrogens is 318 g/mol. The lowest BCUT2D eigenvalue weighted by Gasteiger charge is -2.29. The predicted molar refractivity (Wildman–Crippen MR) is 78.5 cm³/mol. The number of hydrogen-bond donors (Lipinski definition) is 1. The van der Waals surface area contributed by atoms with E-state index in [4.69, 9.17) is 16.3 Å². The fraction of sp³-hybridized carbons (Fsp3) is 0.667. The van der Waals surface area contributed by atoms with Crippen LogP contribution in [0.4, 0.5) is 5.95 Å². The third kappa shape index (κ3) is 3.72. The van der Waals surface area contributed by atoms with Crippen molar-refractivity contribution in [3.63, 3.8) is 0 Å². The number of nitrogens with one attached hydrogen (secondary N) is 1. The molecule has 0 aliphatic carbocycles. The van der Waals surface area contributed by atoms with Crippen LogP contribution in [0.5, 0.6) is 5.88 Å². The van der Waals surface area contributed by atoms with Gasteiger partial charge in [0.25, 0.3) is 0 Å². The van der Waals surface area contributed by atoms with Gasteiger partial charge < -0.3 is 10.1 Å². The summed E-state index contributed by atoms with van der Waals surface area (Å²) in [5, 5.41) is 3.23. The van der Waals surface area contributed by atoms with Crippen molar-refractivity contribution < 1.29 is 4.74 Å². The minimum atomic E-state index is 0.0885. The summed E-state index contributed by atoms with van der Waals surface area (Å²) in [6.07, 6.45) is 3.72. The SMILES string of the molecule is CCC(CC)(CCl)CNc1ncc(Br)c(OC)n1. The molecular formula is C12H19BrClN3O. The normalized spacial score (nSPS) is 11.4. The molecule has 0 radical (unpaired) electrons. The monoisotopic (exact) mass is 335 g/mol. The summed E-state index contributed by atoms with van der Waals surface area (Å²) in [6, 6.07) is 0. The molecule has 102 valence electrons. The fourth-order valence-corrected chi connectivity index (χ4v) is 2.41. The number of rotatable bonds is 7. The van der Waals surface area contributed by atoms with Gasteiger partial charge in [0.1, 0.15) is 0 Å². The first-order valence-corrected chi connectivity index (χ1v) is 7.30. The second-order valence-electron chi connectivity index (χ2n) is 4.25. The number of methoxy groups -OCH3 is 1. The quantitative estimate of drug-likeness (QED) is 0.771. The molecule has 6 heteroatoms. The summed E-state index contributed by atoms with van der Waals surface area (Å²) >= 11 is 9.38. The van der Waals surface area contributed by atoms with Crippen molar-refractivity contribution in [1.29, 1.82) is 0 Å². The highest BCUT2D eigenvalue weighted by molar-refractivity contribution is 9.10. The minimum absolute atomic E-state index is 0.0885. The zero-order chi connectivity index (χ0) is 13.6. The lowest BCUT2D eigenvalue weighted by Crippen LogP contribution is -2.30. The summed E-state index contributed by atoms with van der Waals surface area (Å²) in [4.78, 5) is 8.46. The van der Waals surface area contributed by atoms with Crippen molar-refractivity contribution in [3.8, 4) is 5.88 Å². The number of ether oxygens (including phenoxy) is 1. The zero-order valence-electron chi connectivity index (χ0n) is 11.0. The van der Waals surface area contributed by atoms with Gasteiger partial charge in [-0.3, -0.25) is 0 Å². The van der Waals surface area contributed by atoms with Crippen LogP contribution in [0.3, 0.4) is 0 Å². The van der Waals surface area contributed by atoms with E-state index in [1.54, 1.807) is 13.3 Å². The smallest absolute Gasteiger partial charge is 0.232 e. The van der Waals surface area contributed by atoms with Crippen molar-refractivity contribution in [2.45, 2.75) is 26.7 Å². The molecule has 0 unspecified atom stereocenters. The maximum absolute atomic E-state index is 6.06. The highest BCUT2D eigenvalue weighted by Crippen LogP contribution is 2.28. The molecule has 0 amide bonds. The number of aromatic nitrogens is 2. The van der Waals surface area contributed by atoms with Crippen LogP contribution in [-0.2, 0) is 0 Å². The van der Waals surface area contributed by atoms with E-state index in [1.165, 1.54) is 0 Å². The van der Waals surface area contributed by atoms with E-state index in [2.05, 4.69) is 45.1 Å². The Morgan fingerprint density at radius 3 is 2.61 bits per heavy atom. The fourth-order valence-electron chi connectivity index (χ4n) is 1.58. The van der Waals surface area contributed by atoms with Crippen LogP contribution < -0.4 is 10.1 Å². The lowest BCUT2D eigenvalue weighted by atomic mass is 9.84. The van der Waals surface area contributed by atoms with Gasteiger partial charge in [-0.15, -0.1) is 11.6 Å². The molecule has 0 aromatic carbocycles. The largest absolute Gasteiger partial charge is 0.480 e. The average molecular weight is 337 g/mol. The number of halogens is 2. The standard InChI is InChI=1S/C12H19BrClN3O/c1-4-12(5-2,7-14)8-16-11-15-6-9(13)10(17-11)18-3/h6H,4-5,7-8H2,1-3H3,(H,15,16,17). The molecule has 0 aliphatic rings. The molecule has 18 heavy (non-hydrogen) atoms. The van der Waals surface area contributed by atoms with Crippen LogP contribution in [0.15, 0.2) is 10.7 Å². The Hall–Kier alpha value is -0.550. The number of alkyl halides is 1. The maximum Gasteiger partial charge on any atom is 0.232 e. The van der Waals surface area contributed by atoms with Gasteiger partial charge in [0, 0.05) is 17.8 Å². The molecule has 4 nitrogen and oxygen atoms in total. The molecule has 0 fully saturated rings. The first-order chi connectivity index (χ1) is 8.60. The van der Waals surface area contributed by atoms with Gasteiger partial charge >= 0.3 is 0 Å². The Morgan fingerprint density at radius 2 is 2.11 bits per heavy atom. The molecule has 0 atom stereocenters. The highest BCUT2D eigenvalue weighted by Gasteiger charge is 2.25. The van der Waals surface area contributed by atoms with Crippen LogP contribution >= 0.6 is 27.5 Å². The Morgan fingerprint density at radius 1 is 1.44 bits per heavy atom. The third-order valence-electron chi connectivity index (χ3n) is 3.31. The predicted octanol–water partition coefficient (Wildman–Crippen LogP) is 3.70. The molecule has 1 aromatic heterocycles. The Labute approximate surface area is 122 Å². The van der Waals surface area contributed by atoms with Gasteiger partial charge in [-0.2, -0.15) is 4.98 Å². The lowest BCUT2D eigenvalue weighted by molar-refractivity contribution is 0.325. The summed E-state index contributed by atoms with van der Waals surface area (Å²) in [6.45, 7) is 5.06. The maximum atomic E-state index is 6.06. The second kappa shape index (κ2) is 7.14. The van der Waals surface area contributed by atoms with Crippen LogP contribution in [0.2, 0.25) is 0 Å².